The molecule has 0 saturated carbocycles. The van der Waals surface area contributed by atoms with Crippen LogP contribution in [0.4, 0.5) is 0 Å². The van der Waals surface area contributed by atoms with Crippen LogP contribution in [0.15, 0.2) is 24.3 Å². The van der Waals surface area contributed by atoms with E-state index in [0.29, 0.717) is 18.9 Å². The monoisotopic (exact) mass is 297 g/mol. The Morgan fingerprint density at radius 1 is 1.29 bits per heavy atom. The molecule has 1 atom stereocenters. The van der Waals surface area contributed by atoms with Crippen molar-refractivity contribution in [3.8, 4) is 5.75 Å². The smallest absolute Gasteiger partial charge is 0.119 e. The summed E-state index contributed by atoms with van der Waals surface area (Å²) in [6.07, 6.45) is 0.118. The molecule has 1 unspecified atom stereocenters. The van der Waals surface area contributed by atoms with Crippen LogP contribution in [0.5, 0.6) is 5.75 Å². The van der Waals surface area contributed by atoms with E-state index in [0.717, 1.165) is 12.0 Å². The van der Waals surface area contributed by atoms with Gasteiger partial charge in [-0.1, -0.05) is 12.1 Å². The predicted molar refractivity (Wildman–Crippen MR) is 82.4 cm³/mol. The van der Waals surface area contributed by atoms with E-state index in [1.165, 1.54) is 0 Å². The summed E-state index contributed by atoms with van der Waals surface area (Å²) >= 11 is 0. The van der Waals surface area contributed by atoms with E-state index < -0.39 is 6.10 Å². The van der Waals surface area contributed by atoms with Crippen LogP contribution in [0.25, 0.3) is 0 Å². The van der Waals surface area contributed by atoms with E-state index >= 15 is 0 Å². The van der Waals surface area contributed by atoms with Crippen molar-refractivity contribution >= 4 is 0 Å². The van der Waals surface area contributed by atoms with Crippen molar-refractivity contribution in [1.29, 1.82) is 0 Å². The van der Waals surface area contributed by atoms with E-state index in [1.54, 1.807) is 7.11 Å². The second-order valence-corrected chi connectivity index (χ2v) is 5.61. The largest absolute Gasteiger partial charge is 0.491 e. The molecule has 0 aliphatic heterocycles. The topological polar surface area (TPSA) is 73.9 Å². The summed E-state index contributed by atoms with van der Waals surface area (Å²) in [6.45, 7) is 5.46. The molecule has 0 aliphatic carbocycles. The third-order valence-electron chi connectivity index (χ3n) is 3.29. The van der Waals surface area contributed by atoms with Crippen LogP contribution in [0, 0.1) is 0 Å². The summed E-state index contributed by atoms with van der Waals surface area (Å²) < 4.78 is 16.3. The van der Waals surface area contributed by atoms with Gasteiger partial charge in [0.25, 0.3) is 0 Å². The summed E-state index contributed by atoms with van der Waals surface area (Å²) in [5, 5.41) is 9.82. The van der Waals surface area contributed by atoms with E-state index in [-0.39, 0.29) is 18.8 Å². The van der Waals surface area contributed by atoms with Crippen molar-refractivity contribution in [2.45, 2.75) is 38.5 Å². The Morgan fingerprint density at radius 3 is 2.71 bits per heavy atom. The number of aliphatic hydroxyl groups excluding tert-OH is 1. The van der Waals surface area contributed by atoms with Crippen LogP contribution in [0.1, 0.15) is 25.8 Å². The highest BCUT2D eigenvalue weighted by atomic mass is 16.5. The zero-order valence-corrected chi connectivity index (χ0v) is 13.2. The Bertz CT molecular complexity index is 409. The van der Waals surface area contributed by atoms with Crippen molar-refractivity contribution in [3.63, 3.8) is 0 Å². The molecule has 120 valence electrons. The van der Waals surface area contributed by atoms with Crippen molar-refractivity contribution < 1.29 is 19.3 Å². The van der Waals surface area contributed by atoms with Gasteiger partial charge in [0.2, 0.25) is 0 Å². The van der Waals surface area contributed by atoms with Crippen LogP contribution < -0.4 is 10.5 Å². The normalized spacial score (nSPS) is 13.2. The number of ether oxygens (including phenoxy) is 3. The summed E-state index contributed by atoms with van der Waals surface area (Å²) in [6, 6.07) is 7.53. The molecule has 3 N–H and O–H groups in total. The van der Waals surface area contributed by atoms with Gasteiger partial charge in [-0.3, -0.25) is 0 Å². The van der Waals surface area contributed by atoms with Gasteiger partial charge in [0, 0.05) is 20.3 Å². The van der Waals surface area contributed by atoms with Gasteiger partial charge in [-0.25, -0.2) is 0 Å². The van der Waals surface area contributed by atoms with Crippen molar-refractivity contribution in [1.82, 2.24) is 0 Å². The second kappa shape index (κ2) is 9.00. The molecule has 0 spiro atoms. The zero-order valence-electron chi connectivity index (χ0n) is 13.2. The van der Waals surface area contributed by atoms with Crippen LogP contribution in [-0.4, -0.2) is 43.7 Å². The van der Waals surface area contributed by atoms with Crippen molar-refractivity contribution in [2.24, 2.45) is 5.73 Å². The first-order valence-corrected chi connectivity index (χ1v) is 7.19. The molecular formula is C16H27NO4. The van der Waals surface area contributed by atoms with Crippen LogP contribution in [-0.2, 0) is 16.0 Å². The Labute approximate surface area is 127 Å². The van der Waals surface area contributed by atoms with Crippen molar-refractivity contribution in [2.75, 3.05) is 26.9 Å². The molecule has 0 heterocycles. The van der Waals surface area contributed by atoms with Crippen molar-refractivity contribution in [3.05, 3.63) is 29.8 Å². The van der Waals surface area contributed by atoms with Gasteiger partial charge < -0.3 is 25.1 Å². The van der Waals surface area contributed by atoms with Gasteiger partial charge in [0.1, 0.15) is 18.5 Å². The Kier molecular flexibility index (Phi) is 7.67. The lowest BCUT2D eigenvalue weighted by Gasteiger charge is -2.22. The minimum Gasteiger partial charge on any atom is -0.491 e. The Hall–Kier alpha value is -1.14. The molecule has 21 heavy (non-hydrogen) atoms. The molecule has 0 amide bonds. The number of methoxy groups -OCH3 is 1. The molecule has 0 aromatic heterocycles. The highest BCUT2D eigenvalue weighted by Gasteiger charge is 2.16. The Morgan fingerprint density at radius 2 is 2.05 bits per heavy atom. The molecule has 1 rings (SSSR count). The lowest BCUT2D eigenvalue weighted by atomic mass is 10.1. The van der Waals surface area contributed by atoms with Gasteiger partial charge in [-0.15, -0.1) is 0 Å². The van der Waals surface area contributed by atoms with Gasteiger partial charge in [0.15, 0.2) is 0 Å². The molecule has 1 aromatic rings. The third kappa shape index (κ3) is 7.43. The first kappa shape index (κ1) is 17.9. The molecule has 0 radical (unpaired) electrons. The van der Waals surface area contributed by atoms with E-state index in [1.807, 2.05) is 38.1 Å². The van der Waals surface area contributed by atoms with E-state index in [9.17, 15) is 5.11 Å². The van der Waals surface area contributed by atoms with Gasteiger partial charge in [-0.2, -0.15) is 0 Å². The number of rotatable bonds is 10. The molecule has 1 aromatic carbocycles. The molecule has 5 heteroatoms. The SMILES string of the molecule is COC(C)(C)CCOCC(O)COc1cccc(CN)c1. The predicted octanol–water partition coefficient (Wildman–Crippen LogP) is 1.72. The van der Waals surface area contributed by atoms with Gasteiger partial charge >= 0.3 is 0 Å². The van der Waals surface area contributed by atoms with Gasteiger partial charge in [-0.05, 0) is 38.0 Å². The van der Waals surface area contributed by atoms with Crippen LogP contribution >= 0.6 is 0 Å². The molecule has 5 nitrogen and oxygen atoms in total. The minimum atomic E-state index is -0.655. The molecule has 0 saturated heterocycles. The third-order valence-corrected chi connectivity index (χ3v) is 3.29. The number of nitrogens with two attached hydrogens (primary N) is 1. The number of hydrogen-bond donors (Lipinski definition) is 2. The average Bonchev–Trinajstić information content (AvgIpc) is 2.50. The van der Waals surface area contributed by atoms with Crippen LogP contribution in [0.3, 0.4) is 0 Å². The highest BCUT2D eigenvalue weighted by molar-refractivity contribution is 5.28. The summed E-state index contributed by atoms with van der Waals surface area (Å²) in [7, 11) is 1.68. The fraction of sp³-hybridized carbons (Fsp3) is 0.625. The summed E-state index contributed by atoms with van der Waals surface area (Å²) in [5.41, 5.74) is 6.36. The minimum absolute atomic E-state index is 0.196. The maximum absolute atomic E-state index is 9.82. The molecule has 0 bridgehead atoms. The maximum Gasteiger partial charge on any atom is 0.119 e. The molecule has 0 aliphatic rings. The lowest BCUT2D eigenvalue weighted by Crippen LogP contribution is -2.27. The summed E-state index contributed by atoms with van der Waals surface area (Å²) in [4.78, 5) is 0. The van der Waals surface area contributed by atoms with E-state index in [2.05, 4.69) is 0 Å². The quantitative estimate of drug-likeness (QED) is 0.643. The maximum atomic E-state index is 9.82. The number of benzene rings is 1. The van der Waals surface area contributed by atoms with Crippen LogP contribution in [0.2, 0.25) is 0 Å². The van der Waals surface area contributed by atoms with Gasteiger partial charge in [0.05, 0.1) is 12.2 Å². The fourth-order valence-electron chi connectivity index (χ4n) is 1.64. The first-order valence-electron chi connectivity index (χ1n) is 7.19. The van der Waals surface area contributed by atoms with E-state index in [4.69, 9.17) is 19.9 Å². The fourth-order valence-corrected chi connectivity index (χ4v) is 1.64. The second-order valence-electron chi connectivity index (χ2n) is 5.61. The highest BCUT2D eigenvalue weighted by Crippen LogP contribution is 2.14. The standard InChI is InChI=1S/C16H27NO4/c1-16(2,19-3)7-8-20-11-14(18)12-21-15-6-4-5-13(9-15)10-17/h4-6,9,14,18H,7-8,10-12,17H2,1-3H3. The number of aliphatic hydroxyl groups is 1. The first-order chi connectivity index (χ1) is 9.96. The lowest BCUT2D eigenvalue weighted by molar-refractivity contribution is -0.0308. The number of hydrogen-bond acceptors (Lipinski definition) is 5. The summed E-state index contributed by atoms with van der Waals surface area (Å²) in [5.74, 6) is 0.706. The molecule has 0 fully saturated rings. The Balaban J connectivity index is 2.20. The zero-order chi connectivity index (χ0) is 15.7. The molecular weight excluding hydrogens is 270 g/mol. The average molecular weight is 297 g/mol.